The average molecular weight is 306 g/mol. The molecule has 108 valence electrons. The van der Waals surface area contributed by atoms with E-state index < -0.39 is 4.92 Å². The molecule has 21 heavy (non-hydrogen) atoms. The lowest BCUT2D eigenvalue weighted by Crippen LogP contribution is -2.02. The Labute approximate surface area is 126 Å². The number of ketones is 1. The summed E-state index contributed by atoms with van der Waals surface area (Å²) in [6, 6.07) is 11.7. The van der Waals surface area contributed by atoms with Gasteiger partial charge in [0, 0.05) is 17.7 Å². The van der Waals surface area contributed by atoms with Gasteiger partial charge in [-0.3, -0.25) is 14.9 Å². The quantitative estimate of drug-likeness (QED) is 0.475. The van der Waals surface area contributed by atoms with Gasteiger partial charge in [0.15, 0.2) is 11.5 Å². The first-order valence-electron chi connectivity index (χ1n) is 6.14. The van der Waals surface area contributed by atoms with E-state index in [-0.39, 0.29) is 34.4 Å². The highest BCUT2D eigenvalue weighted by molar-refractivity contribution is 6.34. The number of halogens is 1. The first-order chi connectivity index (χ1) is 9.99. The Morgan fingerprint density at radius 1 is 1.29 bits per heavy atom. The minimum atomic E-state index is -0.594. The topological polar surface area (TPSA) is 69.4 Å². The molecule has 0 atom stereocenters. The lowest BCUT2D eigenvalue weighted by Gasteiger charge is -2.09. The van der Waals surface area contributed by atoms with Gasteiger partial charge >= 0.3 is 5.69 Å². The summed E-state index contributed by atoms with van der Waals surface area (Å²) in [4.78, 5) is 21.9. The number of ether oxygens (including phenoxy) is 1. The Bertz CT molecular complexity index is 686. The predicted molar refractivity (Wildman–Crippen MR) is 78.9 cm³/mol. The van der Waals surface area contributed by atoms with E-state index in [4.69, 9.17) is 16.3 Å². The molecular weight excluding hydrogens is 294 g/mol. The molecule has 0 saturated heterocycles. The molecule has 2 rings (SSSR count). The maximum absolute atomic E-state index is 11.4. The molecule has 0 spiro atoms. The van der Waals surface area contributed by atoms with Crippen molar-refractivity contribution in [3.63, 3.8) is 0 Å². The monoisotopic (exact) mass is 305 g/mol. The van der Waals surface area contributed by atoms with Gasteiger partial charge in [0.05, 0.1) is 9.95 Å². The van der Waals surface area contributed by atoms with Crippen molar-refractivity contribution < 1.29 is 14.5 Å². The summed E-state index contributed by atoms with van der Waals surface area (Å²) >= 11 is 5.96. The Kier molecular flexibility index (Phi) is 4.55. The zero-order chi connectivity index (χ0) is 15.4. The van der Waals surface area contributed by atoms with Crippen LogP contribution in [0.5, 0.6) is 5.75 Å². The number of benzene rings is 2. The molecule has 0 aromatic heterocycles. The van der Waals surface area contributed by atoms with Crippen LogP contribution in [0, 0.1) is 10.1 Å². The summed E-state index contributed by atoms with van der Waals surface area (Å²) in [5, 5.41) is 11.2. The Morgan fingerprint density at radius 2 is 1.95 bits per heavy atom. The van der Waals surface area contributed by atoms with Crippen molar-refractivity contribution in [1.82, 2.24) is 0 Å². The van der Waals surface area contributed by atoms with Gasteiger partial charge in [-0.05, 0) is 12.5 Å². The van der Waals surface area contributed by atoms with Crippen LogP contribution in [0.25, 0.3) is 0 Å². The average Bonchev–Trinajstić information content (AvgIpc) is 2.45. The highest BCUT2D eigenvalue weighted by atomic mass is 35.5. The van der Waals surface area contributed by atoms with Gasteiger partial charge in [-0.2, -0.15) is 0 Å². The van der Waals surface area contributed by atoms with Gasteiger partial charge in [-0.1, -0.05) is 41.9 Å². The van der Waals surface area contributed by atoms with E-state index in [2.05, 4.69) is 0 Å². The van der Waals surface area contributed by atoms with Crippen molar-refractivity contribution in [2.75, 3.05) is 0 Å². The minimum Gasteiger partial charge on any atom is -0.482 e. The first-order valence-corrected chi connectivity index (χ1v) is 6.52. The smallest absolute Gasteiger partial charge is 0.311 e. The highest BCUT2D eigenvalue weighted by Gasteiger charge is 2.20. The van der Waals surface area contributed by atoms with Crippen molar-refractivity contribution in [3.05, 3.63) is 68.7 Å². The SMILES string of the molecule is CC(=O)c1cc([N+](=O)[O-])c(OCc2ccccc2)cc1Cl. The maximum Gasteiger partial charge on any atom is 0.311 e. The maximum atomic E-state index is 11.4. The number of rotatable bonds is 5. The number of Topliss-reactive ketones (excluding diaryl/α,β-unsaturated/α-hetero) is 1. The van der Waals surface area contributed by atoms with Gasteiger partial charge in [0.25, 0.3) is 0 Å². The van der Waals surface area contributed by atoms with Gasteiger partial charge in [0.2, 0.25) is 0 Å². The molecule has 5 nitrogen and oxygen atoms in total. The number of hydrogen-bond donors (Lipinski definition) is 0. The van der Waals surface area contributed by atoms with Crippen LogP contribution >= 0.6 is 11.6 Å². The van der Waals surface area contributed by atoms with Gasteiger partial charge in [-0.25, -0.2) is 0 Å². The second-order valence-electron chi connectivity index (χ2n) is 4.39. The summed E-state index contributed by atoms with van der Waals surface area (Å²) in [5.41, 5.74) is 0.703. The summed E-state index contributed by atoms with van der Waals surface area (Å²) in [5.74, 6) is -0.295. The lowest BCUT2D eigenvalue weighted by molar-refractivity contribution is -0.386. The molecule has 0 amide bonds. The molecule has 0 heterocycles. The highest BCUT2D eigenvalue weighted by Crippen LogP contribution is 2.33. The number of carbonyl (C=O) groups is 1. The van der Waals surface area contributed by atoms with Gasteiger partial charge in [0.1, 0.15) is 6.61 Å². The largest absolute Gasteiger partial charge is 0.482 e. The van der Waals surface area contributed by atoms with Crippen molar-refractivity contribution in [2.24, 2.45) is 0 Å². The van der Waals surface area contributed by atoms with Crippen LogP contribution in [0.4, 0.5) is 5.69 Å². The fraction of sp³-hybridized carbons (Fsp3) is 0.133. The van der Waals surface area contributed by atoms with Crippen molar-refractivity contribution in [3.8, 4) is 5.75 Å². The van der Waals surface area contributed by atoms with Crippen LogP contribution in [-0.2, 0) is 6.61 Å². The van der Waals surface area contributed by atoms with E-state index >= 15 is 0 Å². The number of hydrogen-bond acceptors (Lipinski definition) is 4. The third-order valence-electron chi connectivity index (χ3n) is 2.86. The Balaban J connectivity index is 2.32. The van der Waals surface area contributed by atoms with Gasteiger partial charge < -0.3 is 4.74 Å². The van der Waals surface area contributed by atoms with Crippen LogP contribution < -0.4 is 4.74 Å². The fourth-order valence-electron chi connectivity index (χ4n) is 1.81. The summed E-state index contributed by atoms with van der Waals surface area (Å²) in [6.45, 7) is 1.48. The molecule has 0 radical (unpaired) electrons. The van der Waals surface area contributed by atoms with Gasteiger partial charge in [-0.15, -0.1) is 0 Å². The molecule has 0 bridgehead atoms. The first kappa shape index (κ1) is 15.0. The summed E-state index contributed by atoms with van der Waals surface area (Å²) in [7, 11) is 0. The molecule has 0 aliphatic rings. The fourth-order valence-corrected chi connectivity index (χ4v) is 2.09. The second kappa shape index (κ2) is 6.37. The third kappa shape index (κ3) is 3.58. The predicted octanol–water partition coefficient (Wildman–Crippen LogP) is 4.03. The van der Waals surface area contributed by atoms with Crippen molar-refractivity contribution in [2.45, 2.75) is 13.5 Å². The van der Waals surface area contributed by atoms with Crippen LogP contribution in [0.15, 0.2) is 42.5 Å². The zero-order valence-corrected chi connectivity index (χ0v) is 12.0. The van der Waals surface area contributed by atoms with E-state index in [1.54, 1.807) is 0 Å². The third-order valence-corrected chi connectivity index (χ3v) is 3.17. The molecule has 0 aliphatic carbocycles. The van der Waals surface area contributed by atoms with E-state index in [9.17, 15) is 14.9 Å². The van der Waals surface area contributed by atoms with E-state index in [0.717, 1.165) is 11.6 Å². The molecule has 0 N–H and O–H groups in total. The van der Waals surface area contributed by atoms with E-state index in [1.807, 2.05) is 30.3 Å². The molecule has 0 unspecified atom stereocenters. The summed E-state index contributed by atoms with van der Waals surface area (Å²) < 4.78 is 5.46. The molecule has 0 saturated carbocycles. The Morgan fingerprint density at radius 3 is 2.52 bits per heavy atom. The second-order valence-corrected chi connectivity index (χ2v) is 4.79. The van der Waals surface area contributed by atoms with Crippen LogP contribution in [-0.4, -0.2) is 10.7 Å². The molecule has 6 heteroatoms. The molecule has 2 aromatic carbocycles. The minimum absolute atomic E-state index is 0.0406. The number of nitro groups is 1. The molecule has 0 aliphatic heterocycles. The summed E-state index contributed by atoms with van der Waals surface area (Å²) in [6.07, 6.45) is 0. The standard InChI is InChI=1S/C15H12ClNO4/c1-10(18)12-7-14(17(19)20)15(8-13(12)16)21-9-11-5-3-2-4-6-11/h2-8H,9H2,1H3. The molecular formula is C15H12ClNO4. The number of nitro benzene ring substituents is 1. The van der Waals surface area contributed by atoms with Crippen LogP contribution in [0.1, 0.15) is 22.8 Å². The normalized spacial score (nSPS) is 10.2. The van der Waals surface area contributed by atoms with Crippen LogP contribution in [0.3, 0.4) is 0 Å². The molecule has 2 aromatic rings. The van der Waals surface area contributed by atoms with E-state index in [0.29, 0.717) is 0 Å². The van der Waals surface area contributed by atoms with Crippen molar-refractivity contribution in [1.29, 1.82) is 0 Å². The zero-order valence-electron chi connectivity index (χ0n) is 11.2. The van der Waals surface area contributed by atoms with Crippen LogP contribution in [0.2, 0.25) is 5.02 Å². The molecule has 0 fully saturated rings. The Hall–Kier alpha value is -2.40. The number of nitrogens with zero attached hydrogens (tertiary/aromatic N) is 1. The van der Waals surface area contributed by atoms with Crippen molar-refractivity contribution >= 4 is 23.1 Å². The number of carbonyl (C=O) groups excluding carboxylic acids is 1. The lowest BCUT2D eigenvalue weighted by atomic mass is 10.1. The van der Waals surface area contributed by atoms with E-state index in [1.165, 1.54) is 13.0 Å².